The molecule has 0 bridgehead atoms. The Labute approximate surface area is 129 Å². The van der Waals surface area contributed by atoms with Crippen LogP contribution in [-0.2, 0) is 0 Å². The summed E-state index contributed by atoms with van der Waals surface area (Å²) in [4.78, 5) is 12.2. The fourth-order valence-electron chi connectivity index (χ4n) is 1.69. The van der Waals surface area contributed by atoms with Gasteiger partial charge in [-0.05, 0) is 58.7 Å². The molecule has 0 spiro atoms. The van der Waals surface area contributed by atoms with Crippen LogP contribution in [0.25, 0.3) is 0 Å². The summed E-state index contributed by atoms with van der Waals surface area (Å²) in [5, 5.41) is 2.99. The van der Waals surface area contributed by atoms with Crippen LogP contribution in [0.2, 0.25) is 5.02 Å². The van der Waals surface area contributed by atoms with Gasteiger partial charge in [0.1, 0.15) is 5.82 Å². The number of hydrogen-bond acceptors (Lipinski definition) is 2. The zero-order chi connectivity index (χ0) is 14.9. The van der Waals surface area contributed by atoms with Crippen LogP contribution >= 0.6 is 27.5 Å². The number of carbonyl (C=O) groups is 1. The second-order valence-electron chi connectivity index (χ2n) is 4.27. The predicted molar refractivity (Wildman–Crippen MR) is 82.7 cm³/mol. The van der Waals surface area contributed by atoms with Crippen molar-refractivity contribution < 1.29 is 9.18 Å². The fourth-order valence-corrected chi connectivity index (χ4v) is 2.23. The molecule has 0 aromatic heterocycles. The monoisotopic (exact) mass is 356 g/mol. The molecule has 0 aliphatic heterocycles. The first-order chi connectivity index (χ1) is 9.38. The highest BCUT2D eigenvalue weighted by atomic mass is 79.9. The average molecular weight is 358 g/mol. The minimum absolute atomic E-state index is 0.270. The zero-order valence-electron chi connectivity index (χ0n) is 10.5. The standard InChI is InChI=1S/C14H11BrClFN2O/c1-7-4-12(17)10(15)6-13(7)19-14(20)9-5-8(18)2-3-11(9)16/h2-6H,18H2,1H3,(H,19,20). The molecule has 0 saturated carbocycles. The van der Waals surface area contributed by atoms with Crippen LogP contribution in [0.4, 0.5) is 15.8 Å². The van der Waals surface area contributed by atoms with Gasteiger partial charge in [0.15, 0.2) is 0 Å². The molecule has 0 radical (unpaired) electrons. The van der Waals surface area contributed by atoms with E-state index in [9.17, 15) is 9.18 Å². The van der Waals surface area contributed by atoms with Gasteiger partial charge >= 0.3 is 0 Å². The van der Waals surface area contributed by atoms with Crippen molar-refractivity contribution in [3.63, 3.8) is 0 Å². The molecular weight excluding hydrogens is 347 g/mol. The number of carbonyl (C=O) groups excluding carboxylic acids is 1. The Morgan fingerprint density at radius 3 is 2.75 bits per heavy atom. The molecule has 1 amide bonds. The average Bonchev–Trinajstić information content (AvgIpc) is 2.38. The summed E-state index contributed by atoms with van der Waals surface area (Å²) in [5.74, 6) is -0.786. The molecule has 0 unspecified atom stereocenters. The first-order valence-corrected chi connectivity index (χ1v) is 6.87. The molecule has 2 aromatic rings. The number of benzene rings is 2. The molecule has 6 heteroatoms. The molecule has 2 aromatic carbocycles. The van der Waals surface area contributed by atoms with E-state index in [1.54, 1.807) is 19.1 Å². The minimum Gasteiger partial charge on any atom is -0.399 e. The SMILES string of the molecule is Cc1cc(F)c(Br)cc1NC(=O)c1cc(N)ccc1Cl. The second kappa shape index (κ2) is 5.81. The maximum Gasteiger partial charge on any atom is 0.257 e. The second-order valence-corrected chi connectivity index (χ2v) is 5.54. The zero-order valence-corrected chi connectivity index (χ0v) is 12.8. The molecule has 104 valence electrons. The lowest BCUT2D eigenvalue weighted by atomic mass is 10.1. The van der Waals surface area contributed by atoms with Gasteiger partial charge in [-0.2, -0.15) is 0 Å². The lowest BCUT2D eigenvalue weighted by molar-refractivity contribution is 0.102. The summed E-state index contributed by atoms with van der Waals surface area (Å²) in [6.45, 7) is 1.70. The Morgan fingerprint density at radius 1 is 1.35 bits per heavy atom. The van der Waals surface area contributed by atoms with Crippen molar-refractivity contribution in [2.24, 2.45) is 0 Å². The van der Waals surface area contributed by atoms with Crippen LogP contribution in [0.1, 0.15) is 15.9 Å². The molecule has 2 rings (SSSR count). The van der Waals surface area contributed by atoms with Crippen molar-refractivity contribution in [3.8, 4) is 0 Å². The van der Waals surface area contributed by atoms with Gasteiger partial charge < -0.3 is 11.1 Å². The first-order valence-electron chi connectivity index (χ1n) is 5.70. The topological polar surface area (TPSA) is 55.1 Å². The number of amides is 1. The first kappa shape index (κ1) is 14.8. The fraction of sp³-hybridized carbons (Fsp3) is 0.0714. The number of halogens is 3. The van der Waals surface area contributed by atoms with Crippen molar-refractivity contribution in [1.29, 1.82) is 0 Å². The number of aryl methyl sites for hydroxylation is 1. The van der Waals surface area contributed by atoms with E-state index < -0.39 is 5.91 Å². The normalized spacial score (nSPS) is 10.4. The maximum atomic E-state index is 13.3. The molecule has 0 aliphatic carbocycles. The quantitative estimate of drug-likeness (QED) is 0.783. The Balaban J connectivity index is 2.32. The molecular formula is C14H11BrClFN2O. The number of hydrogen-bond donors (Lipinski definition) is 2. The molecule has 0 aliphatic rings. The predicted octanol–water partition coefficient (Wildman–Crippen LogP) is 4.38. The third-order valence-corrected chi connectivity index (χ3v) is 3.69. The van der Waals surface area contributed by atoms with E-state index in [0.29, 0.717) is 22.0 Å². The van der Waals surface area contributed by atoms with Crippen LogP contribution < -0.4 is 11.1 Å². The van der Waals surface area contributed by atoms with Crippen molar-refractivity contribution >= 4 is 44.8 Å². The highest BCUT2D eigenvalue weighted by molar-refractivity contribution is 9.10. The Kier molecular flexibility index (Phi) is 4.30. The Morgan fingerprint density at radius 2 is 2.05 bits per heavy atom. The van der Waals surface area contributed by atoms with Crippen molar-refractivity contribution in [2.45, 2.75) is 6.92 Å². The molecule has 0 heterocycles. The Bertz CT molecular complexity index is 691. The van der Waals surface area contributed by atoms with Crippen molar-refractivity contribution in [2.75, 3.05) is 11.1 Å². The van der Waals surface area contributed by atoms with E-state index in [4.69, 9.17) is 17.3 Å². The van der Waals surface area contributed by atoms with Crippen molar-refractivity contribution in [3.05, 3.63) is 56.8 Å². The summed E-state index contributed by atoms with van der Waals surface area (Å²) in [5.41, 5.74) is 7.46. The van der Waals surface area contributed by atoms with Gasteiger partial charge in [-0.25, -0.2) is 4.39 Å². The van der Waals surface area contributed by atoms with Gasteiger partial charge in [0.2, 0.25) is 0 Å². The minimum atomic E-state index is -0.399. The van der Waals surface area contributed by atoms with Crippen LogP contribution in [0.5, 0.6) is 0 Å². The van der Waals surface area contributed by atoms with Gasteiger partial charge in [-0.3, -0.25) is 4.79 Å². The number of nitrogen functional groups attached to an aromatic ring is 1. The van der Waals surface area contributed by atoms with Gasteiger partial charge in [-0.15, -0.1) is 0 Å². The number of rotatable bonds is 2. The van der Waals surface area contributed by atoms with E-state index in [1.165, 1.54) is 18.2 Å². The summed E-state index contributed by atoms with van der Waals surface area (Å²) >= 11 is 9.05. The summed E-state index contributed by atoms with van der Waals surface area (Å²) in [6.07, 6.45) is 0. The maximum absolute atomic E-state index is 13.3. The van der Waals surface area contributed by atoms with Gasteiger partial charge in [0.05, 0.1) is 15.1 Å². The van der Waals surface area contributed by atoms with E-state index >= 15 is 0 Å². The van der Waals surface area contributed by atoms with E-state index in [0.717, 1.165) is 0 Å². The summed E-state index contributed by atoms with van der Waals surface area (Å²) in [7, 11) is 0. The van der Waals surface area contributed by atoms with Crippen LogP contribution in [0.15, 0.2) is 34.8 Å². The molecule has 3 N–H and O–H groups in total. The molecule has 20 heavy (non-hydrogen) atoms. The highest BCUT2D eigenvalue weighted by Crippen LogP contribution is 2.26. The summed E-state index contributed by atoms with van der Waals surface area (Å²) in [6, 6.07) is 7.49. The van der Waals surface area contributed by atoms with Crippen molar-refractivity contribution in [1.82, 2.24) is 0 Å². The highest BCUT2D eigenvalue weighted by Gasteiger charge is 2.13. The van der Waals surface area contributed by atoms with Crippen LogP contribution in [0.3, 0.4) is 0 Å². The summed E-state index contributed by atoms with van der Waals surface area (Å²) < 4.78 is 13.6. The van der Waals surface area contributed by atoms with E-state index in [-0.39, 0.29) is 15.9 Å². The molecule has 0 fully saturated rings. The van der Waals surface area contributed by atoms with Gasteiger partial charge in [-0.1, -0.05) is 11.6 Å². The lowest BCUT2D eigenvalue weighted by Gasteiger charge is -2.11. The van der Waals surface area contributed by atoms with Crippen LogP contribution in [0, 0.1) is 12.7 Å². The van der Waals surface area contributed by atoms with Gasteiger partial charge in [0.25, 0.3) is 5.91 Å². The smallest absolute Gasteiger partial charge is 0.257 e. The number of anilines is 2. The number of nitrogens with one attached hydrogen (secondary N) is 1. The van der Waals surface area contributed by atoms with Crippen LogP contribution in [-0.4, -0.2) is 5.91 Å². The molecule has 3 nitrogen and oxygen atoms in total. The Hall–Kier alpha value is -1.59. The largest absolute Gasteiger partial charge is 0.399 e. The molecule has 0 saturated heterocycles. The van der Waals surface area contributed by atoms with E-state index in [2.05, 4.69) is 21.2 Å². The third-order valence-electron chi connectivity index (χ3n) is 2.75. The third kappa shape index (κ3) is 3.11. The van der Waals surface area contributed by atoms with E-state index in [1.807, 2.05) is 0 Å². The molecule has 0 atom stereocenters. The number of nitrogens with two attached hydrogens (primary N) is 1. The lowest BCUT2D eigenvalue weighted by Crippen LogP contribution is -2.14. The van der Waals surface area contributed by atoms with Gasteiger partial charge in [0, 0.05) is 11.4 Å².